The number of ether oxygens (including phenoxy) is 4. The molecule has 0 aliphatic carbocycles. The monoisotopic (exact) mass is 1480 g/mol. The van der Waals surface area contributed by atoms with Crippen molar-refractivity contribution in [1.82, 2.24) is 0 Å². The van der Waals surface area contributed by atoms with Gasteiger partial charge in [0.2, 0.25) is 0 Å². The maximum absolute atomic E-state index is 13.1. The summed E-state index contributed by atoms with van der Waals surface area (Å²) in [6.07, 6.45) is 58.5. The van der Waals surface area contributed by atoms with Crippen molar-refractivity contribution in [2.45, 2.75) is 440 Å². The van der Waals surface area contributed by atoms with Gasteiger partial charge in [-0.25, -0.2) is 9.13 Å². The molecule has 3 unspecified atom stereocenters. The molecule has 0 aliphatic rings. The lowest BCUT2D eigenvalue weighted by Crippen LogP contribution is -2.30. The second kappa shape index (κ2) is 71.0. The normalized spacial score (nSPS) is 14.0. The Hall–Kier alpha value is -1.94. The molecule has 0 heterocycles. The molecule has 0 radical (unpaired) electrons. The van der Waals surface area contributed by atoms with Crippen LogP contribution < -0.4 is 0 Å². The summed E-state index contributed by atoms with van der Waals surface area (Å²) in [6, 6.07) is 0. The predicted octanol–water partition coefficient (Wildman–Crippen LogP) is 24.4. The van der Waals surface area contributed by atoms with Gasteiger partial charge in [0.05, 0.1) is 26.4 Å². The van der Waals surface area contributed by atoms with Crippen molar-refractivity contribution in [2.75, 3.05) is 39.6 Å². The van der Waals surface area contributed by atoms with Gasteiger partial charge in [-0.05, 0) is 49.4 Å². The van der Waals surface area contributed by atoms with E-state index in [2.05, 4.69) is 55.4 Å². The van der Waals surface area contributed by atoms with Crippen molar-refractivity contribution in [3.05, 3.63) is 0 Å². The Balaban J connectivity index is 5.19. The summed E-state index contributed by atoms with van der Waals surface area (Å²) < 4.78 is 68.7. The molecule has 5 atom stereocenters. The lowest BCUT2D eigenvalue weighted by molar-refractivity contribution is -0.161. The third-order valence-corrected chi connectivity index (χ3v) is 21.0. The molecule has 0 amide bonds. The van der Waals surface area contributed by atoms with Crippen molar-refractivity contribution < 1.29 is 80.2 Å². The molecule has 3 N–H and O–H groups in total. The molecule has 0 fully saturated rings. The van der Waals surface area contributed by atoms with E-state index in [0.717, 1.165) is 114 Å². The van der Waals surface area contributed by atoms with Crippen LogP contribution in [0.4, 0.5) is 0 Å². The number of aliphatic hydroxyl groups excluding tert-OH is 1. The van der Waals surface area contributed by atoms with Gasteiger partial charge in [0.25, 0.3) is 0 Å². The number of carbonyl (C=O) groups is 4. The van der Waals surface area contributed by atoms with Crippen LogP contribution in [0, 0.1) is 23.7 Å². The minimum absolute atomic E-state index is 0.107. The standard InChI is InChI=1S/C82H160O17P2/c1-72(2)58-50-42-34-28-22-16-13-11-9-10-12-14-18-26-32-38-48-56-64-82(87)99-78(69-93-80(85)63-55-47-41-40-45-53-61-75(7)8)71-97-101(90,91)95-67-76(83)66-94-100(88,89)96-70-77(68-92-79(84)62-54-46-37-31-25-21-20-24-30-36-44-52-60-74(5)6)98-81(86)65-57-49-39-33-27-19-15-17-23-29-35-43-51-59-73(3)4/h72-78,83H,9-71H2,1-8H3,(H,88,89)(H,90,91)/t76?,77-,78-/m1/s1. The molecule has 0 saturated carbocycles. The molecule has 0 aromatic carbocycles. The fourth-order valence-corrected chi connectivity index (χ4v) is 14.2. The number of carbonyl (C=O) groups excluding carboxylic acids is 4. The Morgan fingerprint density at radius 1 is 0.248 bits per heavy atom. The second-order valence-corrected chi connectivity index (χ2v) is 34.3. The molecule has 0 aromatic heterocycles. The minimum atomic E-state index is -4.96. The van der Waals surface area contributed by atoms with Gasteiger partial charge in [-0.1, -0.05) is 370 Å². The van der Waals surface area contributed by atoms with Gasteiger partial charge in [-0.15, -0.1) is 0 Å². The zero-order valence-electron chi connectivity index (χ0n) is 66.5. The topological polar surface area (TPSA) is 237 Å². The van der Waals surface area contributed by atoms with E-state index in [9.17, 15) is 43.2 Å². The highest BCUT2D eigenvalue weighted by Gasteiger charge is 2.30. The second-order valence-electron chi connectivity index (χ2n) is 31.4. The lowest BCUT2D eigenvalue weighted by atomic mass is 10.0. The minimum Gasteiger partial charge on any atom is -0.462 e. The van der Waals surface area contributed by atoms with Crippen molar-refractivity contribution in [2.24, 2.45) is 23.7 Å². The molecule has 0 saturated heterocycles. The van der Waals surface area contributed by atoms with Gasteiger partial charge in [-0.2, -0.15) is 0 Å². The van der Waals surface area contributed by atoms with E-state index in [1.54, 1.807) is 0 Å². The third kappa shape index (κ3) is 76.1. The Labute approximate surface area is 619 Å². The molecule has 0 spiro atoms. The maximum atomic E-state index is 13.1. The number of aliphatic hydroxyl groups is 1. The number of unbranched alkanes of at least 4 members (excludes halogenated alkanes) is 45. The fraction of sp³-hybridized carbons (Fsp3) is 0.951. The Morgan fingerprint density at radius 3 is 0.614 bits per heavy atom. The number of phosphoric ester groups is 2. The molecule has 600 valence electrons. The van der Waals surface area contributed by atoms with Gasteiger partial charge in [0.1, 0.15) is 19.3 Å². The summed E-state index contributed by atoms with van der Waals surface area (Å²) in [4.78, 5) is 73.0. The van der Waals surface area contributed by atoms with Gasteiger partial charge in [-0.3, -0.25) is 37.3 Å². The van der Waals surface area contributed by atoms with Crippen LogP contribution >= 0.6 is 15.6 Å². The Bertz CT molecular complexity index is 1970. The average Bonchev–Trinajstić information content (AvgIpc) is 0.946. The van der Waals surface area contributed by atoms with Crippen LogP contribution in [0.1, 0.15) is 421 Å². The smallest absolute Gasteiger partial charge is 0.462 e. The van der Waals surface area contributed by atoms with E-state index >= 15 is 0 Å². The first-order valence-electron chi connectivity index (χ1n) is 42.2. The average molecular weight is 1480 g/mol. The van der Waals surface area contributed by atoms with Crippen LogP contribution in [0.25, 0.3) is 0 Å². The summed E-state index contributed by atoms with van der Waals surface area (Å²) in [5.74, 6) is 0.953. The number of phosphoric acid groups is 2. The highest BCUT2D eigenvalue weighted by Crippen LogP contribution is 2.45. The first kappa shape index (κ1) is 99.1. The lowest BCUT2D eigenvalue weighted by Gasteiger charge is -2.21. The zero-order valence-corrected chi connectivity index (χ0v) is 68.3. The SMILES string of the molecule is CC(C)CCCCCCCCCCCCCCCCCCCCC(=O)O[C@H](COC(=O)CCCCCCCCC(C)C)COP(=O)(O)OCC(O)COP(=O)(O)OC[C@@H](COC(=O)CCCCCCCCCCCCCCC(C)C)OC(=O)CCCCCCCCCCCCCCCC(C)C. The first-order chi connectivity index (χ1) is 48.6. The molecule has 0 aromatic rings. The molecule has 19 heteroatoms. The number of esters is 4. The largest absolute Gasteiger partial charge is 0.472 e. The molecule has 0 aliphatic heterocycles. The highest BCUT2D eigenvalue weighted by molar-refractivity contribution is 7.47. The summed E-state index contributed by atoms with van der Waals surface area (Å²) in [5.41, 5.74) is 0. The Kier molecular flexibility index (Phi) is 69.6. The fourth-order valence-electron chi connectivity index (χ4n) is 12.6. The van der Waals surface area contributed by atoms with Gasteiger partial charge in [0, 0.05) is 25.7 Å². The molecule has 101 heavy (non-hydrogen) atoms. The molecule has 17 nitrogen and oxygen atoms in total. The summed E-state index contributed by atoms with van der Waals surface area (Å²) in [5, 5.41) is 10.6. The third-order valence-electron chi connectivity index (χ3n) is 19.1. The van der Waals surface area contributed by atoms with Crippen LogP contribution in [0.2, 0.25) is 0 Å². The van der Waals surface area contributed by atoms with Crippen LogP contribution in [-0.2, 0) is 65.4 Å². The zero-order chi connectivity index (χ0) is 74.6. The van der Waals surface area contributed by atoms with E-state index < -0.39 is 97.5 Å². The predicted molar refractivity (Wildman–Crippen MR) is 414 cm³/mol. The molecule has 0 bridgehead atoms. The molecular formula is C82H160O17P2. The van der Waals surface area contributed by atoms with Crippen molar-refractivity contribution in [1.29, 1.82) is 0 Å². The van der Waals surface area contributed by atoms with Crippen molar-refractivity contribution in [3.63, 3.8) is 0 Å². The molecule has 0 rings (SSSR count). The van der Waals surface area contributed by atoms with Crippen LogP contribution in [0.15, 0.2) is 0 Å². The number of hydrogen-bond acceptors (Lipinski definition) is 15. The Morgan fingerprint density at radius 2 is 0.416 bits per heavy atom. The van der Waals surface area contributed by atoms with E-state index in [4.69, 9.17) is 37.0 Å². The summed E-state index contributed by atoms with van der Waals surface area (Å²) in [6.45, 7) is 14.2. The van der Waals surface area contributed by atoms with Gasteiger partial charge in [0.15, 0.2) is 12.2 Å². The first-order valence-corrected chi connectivity index (χ1v) is 45.2. The van der Waals surface area contributed by atoms with Crippen molar-refractivity contribution >= 4 is 39.5 Å². The quantitative estimate of drug-likeness (QED) is 0.0222. The number of rotatable bonds is 79. The van der Waals surface area contributed by atoms with Crippen LogP contribution in [0.3, 0.4) is 0 Å². The molecular weight excluding hydrogens is 1320 g/mol. The summed E-state index contributed by atoms with van der Waals surface area (Å²) >= 11 is 0. The number of hydrogen-bond donors (Lipinski definition) is 3. The van der Waals surface area contributed by atoms with E-state index in [1.165, 1.54) is 218 Å². The van der Waals surface area contributed by atoms with E-state index in [1.807, 2.05) is 0 Å². The van der Waals surface area contributed by atoms with Crippen LogP contribution in [0.5, 0.6) is 0 Å². The van der Waals surface area contributed by atoms with Crippen LogP contribution in [-0.4, -0.2) is 96.7 Å². The summed E-state index contributed by atoms with van der Waals surface area (Å²) in [7, 11) is -9.92. The van der Waals surface area contributed by atoms with Gasteiger partial charge < -0.3 is 33.8 Å². The van der Waals surface area contributed by atoms with E-state index in [-0.39, 0.29) is 25.7 Å². The van der Waals surface area contributed by atoms with E-state index in [0.29, 0.717) is 31.6 Å². The van der Waals surface area contributed by atoms with Gasteiger partial charge >= 0.3 is 39.5 Å². The maximum Gasteiger partial charge on any atom is 0.472 e. The highest BCUT2D eigenvalue weighted by atomic mass is 31.2. The van der Waals surface area contributed by atoms with Crippen molar-refractivity contribution in [3.8, 4) is 0 Å².